The average molecular weight is 322 g/mol. The molecule has 2 nitrogen and oxygen atoms in total. The number of phenolic OH excluding ortho intramolecular Hbond substituents is 2. The Balaban J connectivity index is 1.81. The fourth-order valence-electron chi connectivity index (χ4n) is 3.48. The number of aromatic hydroxyl groups is 2. The lowest BCUT2D eigenvalue weighted by molar-refractivity contribution is 0.445. The van der Waals surface area contributed by atoms with E-state index in [1.54, 1.807) is 12.1 Å². The standard InChI is InChI=1S/C22H26O2/c1-22(2,3)20-14-18(10-13-21(20)24)17-6-4-15(5-7-17)16-8-11-19(23)12-9-16/h4,6,8-15,17,23-24H,5,7H2,1-3H3. The van der Waals surface area contributed by atoms with Crippen molar-refractivity contribution >= 4 is 0 Å². The van der Waals surface area contributed by atoms with Crippen LogP contribution in [0.1, 0.15) is 62.1 Å². The van der Waals surface area contributed by atoms with Crippen molar-refractivity contribution < 1.29 is 10.2 Å². The second-order valence-corrected chi connectivity index (χ2v) is 7.79. The molecule has 2 aromatic carbocycles. The van der Waals surface area contributed by atoms with Gasteiger partial charge >= 0.3 is 0 Å². The Kier molecular flexibility index (Phi) is 4.40. The van der Waals surface area contributed by atoms with Crippen LogP contribution in [0.15, 0.2) is 54.6 Å². The Bertz CT molecular complexity index is 736. The molecular weight excluding hydrogens is 296 g/mol. The number of hydrogen-bond acceptors (Lipinski definition) is 2. The SMILES string of the molecule is CC(C)(C)c1cc(C2C=CC(c3ccc(O)cc3)CC2)ccc1O. The van der Waals surface area contributed by atoms with Gasteiger partial charge in [0.2, 0.25) is 0 Å². The van der Waals surface area contributed by atoms with Crippen LogP contribution < -0.4 is 0 Å². The molecule has 0 amide bonds. The molecule has 0 aliphatic heterocycles. The highest BCUT2D eigenvalue weighted by atomic mass is 16.3. The molecule has 0 spiro atoms. The van der Waals surface area contributed by atoms with Crippen LogP contribution in [-0.4, -0.2) is 10.2 Å². The first-order valence-electron chi connectivity index (χ1n) is 8.65. The second kappa shape index (κ2) is 6.35. The number of allylic oxidation sites excluding steroid dienone is 2. The van der Waals surface area contributed by atoms with Crippen molar-refractivity contribution in [2.24, 2.45) is 0 Å². The van der Waals surface area contributed by atoms with Gasteiger partial charge in [-0.15, -0.1) is 0 Å². The molecule has 2 N–H and O–H groups in total. The van der Waals surface area contributed by atoms with E-state index < -0.39 is 0 Å². The smallest absolute Gasteiger partial charge is 0.119 e. The van der Waals surface area contributed by atoms with Gasteiger partial charge in [-0.1, -0.05) is 57.2 Å². The van der Waals surface area contributed by atoms with E-state index in [4.69, 9.17) is 0 Å². The molecular formula is C22H26O2. The molecule has 3 rings (SSSR count). The van der Waals surface area contributed by atoms with Crippen LogP contribution in [0.5, 0.6) is 11.5 Å². The van der Waals surface area contributed by atoms with Gasteiger partial charge in [0.05, 0.1) is 0 Å². The van der Waals surface area contributed by atoms with Gasteiger partial charge in [0, 0.05) is 11.8 Å². The van der Waals surface area contributed by atoms with Gasteiger partial charge in [0.15, 0.2) is 0 Å². The summed E-state index contributed by atoms with van der Waals surface area (Å²) in [5.41, 5.74) is 3.48. The van der Waals surface area contributed by atoms with Crippen molar-refractivity contribution in [2.75, 3.05) is 0 Å². The Morgan fingerprint density at radius 2 is 1.33 bits per heavy atom. The van der Waals surface area contributed by atoms with Crippen LogP contribution in [-0.2, 0) is 5.41 Å². The lowest BCUT2D eigenvalue weighted by atomic mass is 9.79. The summed E-state index contributed by atoms with van der Waals surface area (Å²) in [6.45, 7) is 6.39. The monoisotopic (exact) mass is 322 g/mol. The highest BCUT2D eigenvalue weighted by Gasteiger charge is 2.22. The van der Waals surface area contributed by atoms with Crippen LogP contribution in [0.4, 0.5) is 0 Å². The third-order valence-electron chi connectivity index (χ3n) is 4.94. The number of benzene rings is 2. The van der Waals surface area contributed by atoms with Crippen LogP contribution in [0.3, 0.4) is 0 Å². The number of phenols is 2. The van der Waals surface area contributed by atoms with Crippen molar-refractivity contribution in [2.45, 2.75) is 50.9 Å². The third-order valence-corrected chi connectivity index (χ3v) is 4.94. The van der Waals surface area contributed by atoms with Crippen molar-refractivity contribution in [1.29, 1.82) is 0 Å². The number of hydrogen-bond donors (Lipinski definition) is 2. The molecule has 0 heterocycles. The fraction of sp³-hybridized carbons (Fsp3) is 0.364. The van der Waals surface area contributed by atoms with E-state index in [9.17, 15) is 10.2 Å². The predicted octanol–water partition coefficient (Wildman–Crippen LogP) is 5.61. The summed E-state index contributed by atoms with van der Waals surface area (Å²) in [6, 6.07) is 13.5. The summed E-state index contributed by atoms with van der Waals surface area (Å²) >= 11 is 0. The molecule has 0 radical (unpaired) electrons. The fourth-order valence-corrected chi connectivity index (χ4v) is 3.48. The molecule has 2 heteroatoms. The van der Waals surface area contributed by atoms with Crippen molar-refractivity contribution in [3.63, 3.8) is 0 Å². The molecule has 2 atom stereocenters. The van der Waals surface area contributed by atoms with E-state index in [2.05, 4.69) is 39.0 Å². The molecule has 0 saturated carbocycles. The maximum atomic E-state index is 10.1. The largest absolute Gasteiger partial charge is 0.508 e. The maximum Gasteiger partial charge on any atom is 0.119 e. The van der Waals surface area contributed by atoms with Crippen molar-refractivity contribution in [1.82, 2.24) is 0 Å². The molecule has 0 saturated heterocycles. The maximum absolute atomic E-state index is 10.1. The summed E-state index contributed by atoms with van der Waals surface area (Å²) in [4.78, 5) is 0. The van der Waals surface area contributed by atoms with E-state index in [-0.39, 0.29) is 5.41 Å². The molecule has 1 aliphatic carbocycles. The topological polar surface area (TPSA) is 40.5 Å². The highest BCUT2D eigenvalue weighted by Crippen LogP contribution is 2.38. The first-order valence-corrected chi connectivity index (χ1v) is 8.65. The molecule has 1 aliphatic rings. The van der Waals surface area contributed by atoms with Crippen molar-refractivity contribution in [3.05, 3.63) is 71.3 Å². The van der Waals surface area contributed by atoms with Gasteiger partial charge < -0.3 is 10.2 Å². The highest BCUT2D eigenvalue weighted by molar-refractivity contribution is 5.43. The van der Waals surface area contributed by atoms with Crippen LogP contribution in [0, 0.1) is 0 Å². The Hall–Kier alpha value is -2.22. The Morgan fingerprint density at radius 3 is 1.88 bits per heavy atom. The molecule has 126 valence electrons. The van der Waals surface area contributed by atoms with E-state index in [0.29, 0.717) is 23.3 Å². The zero-order chi connectivity index (χ0) is 17.3. The minimum atomic E-state index is -0.0625. The predicted molar refractivity (Wildman–Crippen MR) is 98.8 cm³/mol. The van der Waals surface area contributed by atoms with Gasteiger partial charge in [-0.2, -0.15) is 0 Å². The zero-order valence-corrected chi connectivity index (χ0v) is 14.7. The van der Waals surface area contributed by atoms with E-state index in [1.165, 1.54) is 11.1 Å². The van der Waals surface area contributed by atoms with E-state index >= 15 is 0 Å². The quantitative estimate of drug-likeness (QED) is 0.705. The van der Waals surface area contributed by atoms with Crippen LogP contribution in [0.2, 0.25) is 0 Å². The summed E-state index contributed by atoms with van der Waals surface area (Å²) in [7, 11) is 0. The van der Waals surface area contributed by atoms with Gasteiger partial charge in [-0.3, -0.25) is 0 Å². The average Bonchev–Trinajstić information content (AvgIpc) is 2.55. The van der Waals surface area contributed by atoms with E-state index in [0.717, 1.165) is 18.4 Å². The van der Waals surface area contributed by atoms with Gasteiger partial charge in [-0.25, -0.2) is 0 Å². The molecule has 2 aromatic rings. The first-order chi connectivity index (χ1) is 11.3. The van der Waals surface area contributed by atoms with Crippen LogP contribution in [0.25, 0.3) is 0 Å². The molecule has 0 aromatic heterocycles. The lowest BCUT2D eigenvalue weighted by Gasteiger charge is -2.26. The second-order valence-electron chi connectivity index (χ2n) is 7.79. The van der Waals surface area contributed by atoms with E-state index in [1.807, 2.05) is 24.3 Å². The lowest BCUT2D eigenvalue weighted by Crippen LogP contribution is -2.13. The van der Waals surface area contributed by atoms with Gasteiger partial charge in [0.25, 0.3) is 0 Å². The molecule has 0 fully saturated rings. The summed E-state index contributed by atoms with van der Waals surface area (Å²) in [6.07, 6.45) is 6.76. The third kappa shape index (κ3) is 3.48. The van der Waals surface area contributed by atoms with Gasteiger partial charge in [-0.05, 0) is 53.1 Å². The molecule has 0 bridgehead atoms. The molecule has 2 unspecified atom stereocenters. The first kappa shape index (κ1) is 16.6. The summed E-state index contributed by atoms with van der Waals surface area (Å²) in [5, 5.41) is 19.6. The minimum absolute atomic E-state index is 0.0625. The van der Waals surface area contributed by atoms with Crippen LogP contribution >= 0.6 is 0 Å². The normalized spacial score (nSPS) is 21.0. The molecule has 24 heavy (non-hydrogen) atoms. The Labute approximate surface area is 144 Å². The number of rotatable bonds is 2. The van der Waals surface area contributed by atoms with Crippen molar-refractivity contribution in [3.8, 4) is 11.5 Å². The Morgan fingerprint density at radius 1 is 0.792 bits per heavy atom. The minimum Gasteiger partial charge on any atom is -0.508 e. The van der Waals surface area contributed by atoms with Gasteiger partial charge in [0.1, 0.15) is 11.5 Å². The zero-order valence-electron chi connectivity index (χ0n) is 14.7. The summed E-state index contributed by atoms with van der Waals surface area (Å²) < 4.78 is 0. The summed E-state index contributed by atoms with van der Waals surface area (Å²) in [5.74, 6) is 1.52.